The number of rotatable bonds is 6. The van der Waals surface area contributed by atoms with Crippen LogP contribution in [0.1, 0.15) is 26.7 Å². The first-order valence-electron chi connectivity index (χ1n) is 6.57. The number of hydrogen-bond acceptors (Lipinski definition) is 4. The van der Waals surface area contributed by atoms with E-state index in [4.69, 9.17) is 16.4 Å². The van der Waals surface area contributed by atoms with Crippen LogP contribution < -0.4 is 10.2 Å². The fourth-order valence-corrected chi connectivity index (χ4v) is 2.01. The van der Waals surface area contributed by atoms with Crippen molar-refractivity contribution in [3.05, 3.63) is 23.2 Å². The molecule has 0 aliphatic heterocycles. The standard InChI is InChI=1S/C13H17ClN4O2/c1-3-10(4-2)15-13(19)8-20-18-12-7-9(14)5-6-11(12)16-17-18/h5-7,10H,3-4,8H2,1-2H3,(H,15,19). The van der Waals surface area contributed by atoms with Crippen LogP contribution in [0.3, 0.4) is 0 Å². The van der Waals surface area contributed by atoms with E-state index in [1.54, 1.807) is 18.2 Å². The zero-order valence-corrected chi connectivity index (χ0v) is 12.2. The number of hydrogen-bond donors (Lipinski definition) is 1. The van der Waals surface area contributed by atoms with Gasteiger partial charge in [-0.2, -0.15) is 0 Å². The number of nitrogens with one attached hydrogen (secondary N) is 1. The molecule has 108 valence electrons. The summed E-state index contributed by atoms with van der Waals surface area (Å²) in [6, 6.07) is 5.33. The van der Waals surface area contributed by atoms with E-state index < -0.39 is 0 Å². The summed E-state index contributed by atoms with van der Waals surface area (Å²) in [5, 5.41) is 11.2. The Labute approximate surface area is 122 Å². The molecule has 0 saturated heterocycles. The number of fused-ring (bicyclic) bond motifs is 1. The lowest BCUT2D eigenvalue weighted by Gasteiger charge is -2.14. The topological polar surface area (TPSA) is 69.0 Å². The number of benzene rings is 1. The number of amides is 1. The second-order valence-corrected chi connectivity index (χ2v) is 4.89. The number of carbonyl (C=O) groups is 1. The van der Waals surface area contributed by atoms with Gasteiger partial charge in [0.1, 0.15) is 11.0 Å². The molecule has 0 fully saturated rings. The Hall–Kier alpha value is -1.82. The van der Waals surface area contributed by atoms with E-state index >= 15 is 0 Å². The molecule has 0 spiro atoms. The minimum Gasteiger partial charge on any atom is -0.385 e. The van der Waals surface area contributed by atoms with Gasteiger partial charge < -0.3 is 10.2 Å². The summed E-state index contributed by atoms with van der Waals surface area (Å²) < 4.78 is 0. The second-order valence-electron chi connectivity index (χ2n) is 4.45. The molecular weight excluding hydrogens is 280 g/mol. The quantitative estimate of drug-likeness (QED) is 0.883. The summed E-state index contributed by atoms with van der Waals surface area (Å²) in [5.41, 5.74) is 1.29. The predicted octanol–water partition coefficient (Wildman–Crippen LogP) is 1.82. The van der Waals surface area contributed by atoms with Gasteiger partial charge in [0.05, 0.1) is 0 Å². The van der Waals surface area contributed by atoms with E-state index in [0.717, 1.165) is 12.8 Å². The molecule has 1 aromatic heterocycles. The Morgan fingerprint density at radius 1 is 1.45 bits per heavy atom. The minimum atomic E-state index is -0.177. The summed E-state index contributed by atoms with van der Waals surface area (Å²) in [4.78, 5) is 18.3. The van der Waals surface area contributed by atoms with Crippen molar-refractivity contribution in [1.29, 1.82) is 0 Å². The Balaban J connectivity index is 1.99. The first-order chi connectivity index (χ1) is 9.63. The lowest BCUT2D eigenvalue weighted by atomic mass is 10.2. The maximum Gasteiger partial charge on any atom is 0.260 e. The van der Waals surface area contributed by atoms with E-state index in [2.05, 4.69) is 15.6 Å². The molecule has 20 heavy (non-hydrogen) atoms. The molecule has 1 amide bonds. The zero-order valence-electron chi connectivity index (χ0n) is 11.5. The van der Waals surface area contributed by atoms with Crippen LogP contribution in [0.2, 0.25) is 5.02 Å². The monoisotopic (exact) mass is 296 g/mol. The van der Waals surface area contributed by atoms with Crippen LogP contribution in [0.4, 0.5) is 0 Å². The molecule has 7 heteroatoms. The van der Waals surface area contributed by atoms with Crippen LogP contribution >= 0.6 is 11.6 Å². The van der Waals surface area contributed by atoms with Gasteiger partial charge in [-0.05, 0) is 36.3 Å². The van der Waals surface area contributed by atoms with Crippen molar-refractivity contribution in [3.8, 4) is 0 Å². The Kier molecular flexibility index (Phi) is 4.79. The average molecular weight is 297 g/mol. The molecule has 0 unspecified atom stereocenters. The Morgan fingerprint density at radius 2 is 2.20 bits per heavy atom. The van der Waals surface area contributed by atoms with Crippen molar-refractivity contribution in [2.24, 2.45) is 0 Å². The van der Waals surface area contributed by atoms with Crippen LogP contribution in [-0.4, -0.2) is 33.7 Å². The van der Waals surface area contributed by atoms with Crippen LogP contribution in [0, 0.1) is 0 Å². The number of nitrogens with zero attached hydrogens (tertiary/aromatic N) is 3. The minimum absolute atomic E-state index is 0.110. The molecule has 0 radical (unpaired) electrons. The molecule has 1 N–H and O–H groups in total. The van der Waals surface area contributed by atoms with Gasteiger partial charge in [0.2, 0.25) is 0 Å². The first kappa shape index (κ1) is 14.6. The number of carbonyl (C=O) groups excluding carboxylic acids is 1. The van der Waals surface area contributed by atoms with Crippen molar-refractivity contribution in [1.82, 2.24) is 20.5 Å². The van der Waals surface area contributed by atoms with Crippen molar-refractivity contribution in [3.63, 3.8) is 0 Å². The summed E-state index contributed by atoms with van der Waals surface area (Å²) in [7, 11) is 0. The third-order valence-corrected chi connectivity index (χ3v) is 3.28. The van der Waals surface area contributed by atoms with Gasteiger partial charge in [-0.3, -0.25) is 4.79 Å². The summed E-state index contributed by atoms with van der Waals surface area (Å²) in [5.74, 6) is -0.177. The van der Waals surface area contributed by atoms with Crippen molar-refractivity contribution in [2.45, 2.75) is 32.7 Å². The molecule has 1 aromatic carbocycles. The van der Waals surface area contributed by atoms with Crippen LogP contribution in [0.25, 0.3) is 11.0 Å². The fourth-order valence-electron chi connectivity index (χ4n) is 1.85. The number of aromatic nitrogens is 3. The summed E-state index contributed by atoms with van der Waals surface area (Å²) in [6.45, 7) is 3.95. The normalized spacial score (nSPS) is 11.0. The highest BCUT2D eigenvalue weighted by Gasteiger charge is 2.11. The van der Waals surface area contributed by atoms with Crippen LogP contribution in [0.15, 0.2) is 18.2 Å². The van der Waals surface area contributed by atoms with Gasteiger partial charge in [-0.25, -0.2) is 0 Å². The summed E-state index contributed by atoms with van der Waals surface area (Å²) >= 11 is 5.91. The highest BCUT2D eigenvalue weighted by atomic mass is 35.5. The molecule has 0 atom stereocenters. The van der Waals surface area contributed by atoms with Gasteiger partial charge >= 0.3 is 0 Å². The maximum absolute atomic E-state index is 11.7. The van der Waals surface area contributed by atoms with Crippen molar-refractivity contribution < 1.29 is 9.63 Å². The molecule has 0 aliphatic carbocycles. The van der Waals surface area contributed by atoms with Gasteiger partial charge in [-0.15, -0.1) is 5.10 Å². The van der Waals surface area contributed by atoms with Crippen molar-refractivity contribution >= 4 is 28.5 Å². The lowest BCUT2D eigenvalue weighted by Crippen LogP contribution is -2.38. The highest BCUT2D eigenvalue weighted by molar-refractivity contribution is 6.31. The van der Waals surface area contributed by atoms with E-state index in [1.165, 1.54) is 4.85 Å². The second kappa shape index (κ2) is 6.56. The first-order valence-corrected chi connectivity index (χ1v) is 6.95. The molecule has 0 saturated carbocycles. The Morgan fingerprint density at radius 3 is 2.90 bits per heavy atom. The van der Waals surface area contributed by atoms with Gasteiger partial charge in [0, 0.05) is 11.1 Å². The van der Waals surface area contributed by atoms with E-state index in [-0.39, 0.29) is 18.6 Å². The average Bonchev–Trinajstić information content (AvgIpc) is 2.84. The Bertz CT molecular complexity index is 595. The molecule has 6 nitrogen and oxygen atoms in total. The molecule has 0 bridgehead atoms. The molecule has 2 aromatic rings. The van der Waals surface area contributed by atoms with Crippen LogP contribution in [-0.2, 0) is 4.79 Å². The van der Waals surface area contributed by atoms with Gasteiger partial charge in [-0.1, -0.05) is 30.3 Å². The molecular formula is C13H17ClN4O2. The van der Waals surface area contributed by atoms with E-state index in [0.29, 0.717) is 16.1 Å². The fraction of sp³-hybridized carbons (Fsp3) is 0.462. The smallest absolute Gasteiger partial charge is 0.260 e. The number of halogens is 1. The molecule has 0 aliphatic rings. The largest absolute Gasteiger partial charge is 0.385 e. The molecule has 2 rings (SSSR count). The van der Waals surface area contributed by atoms with E-state index in [9.17, 15) is 4.79 Å². The predicted molar refractivity (Wildman–Crippen MR) is 76.5 cm³/mol. The summed E-state index contributed by atoms with van der Waals surface area (Å²) in [6.07, 6.45) is 1.79. The highest BCUT2D eigenvalue weighted by Crippen LogP contribution is 2.16. The maximum atomic E-state index is 11.7. The SMILES string of the molecule is CCC(CC)NC(=O)COn1nnc2ccc(Cl)cc21. The zero-order chi connectivity index (χ0) is 14.5. The van der Waals surface area contributed by atoms with Crippen LogP contribution in [0.5, 0.6) is 0 Å². The molecule has 1 heterocycles. The third-order valence-electron chi connectivity index (χ3n) is 3.05. The van der Waals surface area contributed by atoms with Crippen molar-refractivity contribution in [2.75, 3.05) is 6.61 Å². The third kappa shape index (κ3) is 3.39. The van der Waals surface area contributed by atoms with Gasteiger partial charge in [0.25, 0.3) is 5.91 Å². The van der Waals surface area contributed by atoms with Gasteiger partial charge in [0.15, 0.2) is 6.61 Å². The lowest BCUT2D eigenvalue weighted by molar-refractivity contribution is -0.127. The van der Waals surface area contributed by atoms with E-state index in [1.807, 2.05) is 13.8 Å².